The lowest BCUT2D eigenvalue weighted by molar-refractivity contribution is -0.344. The van der Waals surface area contributed by atoms with Crippen LogP contribution in [-0.2, 0) is 18.3 Å². The van der Waals surface area contributed by atoms with E-state index in [4.69, 9.17) is 9.90 Å². The number of aliphatic carboxylic acids is 1. The molecule has 6 heteroatoms. The first-order valence-corrected chi connectivity index (χ1v) is 1.23. The fourth-order valence-electron chi connectivity index (χ4n) is 0. The Kier molecular flexibility index (Phi) is 3.71. The summed E-state index contributed by atoms with van der Waals surface area (Å²) in [7, 11) is 0. The molecule has 0 saturated heterocycles. The van der Waals surface area contributed by atoms with Gasteiger partial charge >= 0.3 is 6.18 Å². The molecular formula is C2H3F3O2S. The number of hydrogen-bond donors (Lipinski definition) is 0. The molecule has 50 valence electrons. The normalized spacial score (nSPS) is 9.88. The molecule has 0 saturated carbocycles. The van der Waals surface area contributed by atoms with Gasteiger partial charge in [-0.15, -0.1) is 0 Å². The van der Waals surface area contributed by atoms with Gasteiger partial charge in [0.25, 0.3) is 0 Å². The van der Waals surface area contributed by atoms with Crippen LogP contribution in [0.3, 0.4) is 0 Å². The number of carboxylic acid groups (broad SMARTS) is 1. The number of rotatable bonds is 0. The molecule has 0 atom stereocenters. The van der Waals surface area contributed by atoms with Crippen LogP contribution in [0.15, 0.2) is 0 Å². The highest BCUT2D eigenvalue weighted by molar-refractivity contribution is 7.37. The zero-order chi connectivity index (χ0) is 6.08. The van der Waals surface area contributed by atoms with Crippen molar-refractivity contribution in [3.05, 3.63) is 0 Å². The molecule has 2 nitrogen and oxygen atoms in total. The molecule has 0 unspecified atom stereocenters. The predicted octanol–water partition coefficient (Wildman–Crippen LogP) is -1.51. The van der Waals surface area contributed by atoms with Crippen LogP contribution in [0.1, 0.15) is 0 Å². The molecule has 0 fully saturated rings. The summed E-state index contributed by atoms with van der Waals surface area (Å²) in [5.41, 5.74) is 0. The number of alkyl halides is 3. The number of halogens is 3. The van der Waals surface area contributed by atoms with E-state index in [1.165, 1.54) is 0 Å². The summed E-state index contributed by atoms with van der Waals surface area (Å²) in [6.45, 7) is 0. The van der Waals surface area contributed by atoms with Crippen LogP contribution in [-0.4, -0.2) is 12.1 Å². The first-order chi connectivity index (χ1) is 2.94. The van der Waals surface area contributed by atoms with Crippen molar-refractivity contribution >= 4 is 19.5 Å². The average Bonchev–Trinajstić information content (AvgIpc) is 1.31. The Bertz CT molecular complexity index is 87.8. The highest BCUT2D eigenvalue weighted by Gasteiger charge is 2.28. The third-order valence-electron chi connectivity index (χ3n) is 0.231. The Morgan fingerprint density at radius 3 is 1.50 bits per heavy atom. The maximum atomic E-state index is 10.5. The summed E-state index contributed by atoms with van der Waals surface area (Å²) in [6.07, 6.45) is -5.19. The lowest BCUT2D eigenvalue weighted by Gasteiger charge is -2.03. The van der Waals surface area contributed by atoms with Crippen LogP contribution in [0.4, 0.5) is 13.2 Å². The molecule has 0 rings (SSSR count). The molecule has 0 N–H and O–H groups in total. The fraction of sp³-hybridized carbons (Fsp3) is 0.500. The molecule has 0 aliphatic rings. The summed E-state index contributed by atoms with van der Waals surface area (Å²) in [6, 6.07) is 0. The second kappa shape index (κ2) is 2.81. The summed E-state index contributed by atoms with van der Waals surface area (Å²) < 4.78 is 31.5. The molecule has 0 aliphatic carbocycles. The van der Waals surface area contributed by atoms with Gasteiger partial charge in [0.15, 0.2) is 0 Å². The summed E-state index contributed by atoms with van der Waals surface area (Å²) in [4.78, 5) is 8.78. The van der Waals surface area contributed by atoms with E-state index in [-0.39, 0.29) is 13.5 Å². The molecule has 0 aromatic carbocycles. The molecule has 0 heterocycles. The van der Waals surface area contributed by atoms with Gasteiger partial charge in [0, 0.05) is 0 Å². The van der Waals surface area contributed by atoms with Crippen molar-refractivity contribution in [3.63, 3.8) is 0 Å². The van der Waals surface area contributed by atoms with Gasteiger partial charge < -0.3 is 9.90 Å². The second-order valence-corrected chi connectivity index (χ2v) is 0.785. The molecule has 8 heavy (non-hydrogen) atoms. The maximum Gasteiger partial charge on any atom is 0.430 e. The Balaban J connectivity index is 0. The van der Waals surface area contributed by atoms with E-state index >= 15 is 0 Å². The van der Waals surface area contributed by atoms with Crippen LogP contribution < -0.4 is 5.11 Å². The van der Waals surface area contributed by atoms with Gasteiger partial charge in [-0.3, -0.25) is 0 Å². The van der Waals surface area contributed by atoms with Gasteiger partial charge in [0.2, 0.25) is 0 Å². The van der Waals surface area contributed by atoms with Gasteiger partial charge in [-0.2, -0.15) is 13.2 Å². The SMILES string of the molecule is O=C([O-])C(F)(F)F.[SH3+]. The van der Waals surface area contributed by atoms with E-state index in [0.717, 1.165) is 0 Å². The molecule has 0 aromatic heterocycles. The van der Waals surface area contributed by atoms with Crippen LogP contribution >= 0.6 is 0 Å². The average molecular weight is 148 g/mol. The van der Waals surface area contributed by atoms with Crippen molar-refractivity contribution in [2.45, 2.75) is 6.18 Å². The van der Waals surface area contributed by atoms with Gasteiger partial charge in [0.1, 0.15) is 5.97 Å². The van der Waals surface area contributed by atoms with Crippen molar-refractivity contribution in [2.24, 2.45) is 0 Å². The second-order valence-electron chi connectivity index (χ2n) is 0.785. The minimum atomic E-state index is -5.19. The molecule has 0 bridgehead atoms. The van der Waals surface area contributed by atoms with Crippen LogP contribution in [0.2, 0.25) is 0 Å². The van der Waals surface area contributed by atoms with Crippen molar-refractivity contribution in [1.82, 2.24) is 0 Å². The van der Waals surface area contributed by atoms with Crippen molar-refractivity contribution in [2.75, 3.05) is 0 Å². The highest BCUT2D eigenvalue weighted by atomic mass is 32.1. The number of carboxylic acids is 1. The highest BCUT2D eigenvalue weighted by Crippen LogP contribution is 2.11. The molecular weight excluding hydrogens is 145 g/mol. The summed E-state index contributed by atoms with van der Waals surface area (Å²) >= 11 is 0. The Morgan fingerprint density at radius 2 is 1.50 bits per heavy atom. The lowest BCUT2D eigenvalue weighted by atomic mass is 10.7. The van der Waals surface area contributed by atoms with Crippen molar-refractivity contribution < 1.29 is 23.1 Å². The Morgan fingerprint density at radius 1 is 1.38 bits per heavy atom. The number of carbonyl (C=O) groups excluding carboxylic acids is 1. The van der Waals surface area contributed by atoms with E-state index in [0.29, 0.717) is 0 Å². The van der Waals surface area contributed by atoms with Gasteiger partial charge in [-0.05, 0) is 0 Å². The van der Waals surface area contributed by atoms with Crippen LogP contribution in [0, 0.1) is 0 Å². The van der Waals surface area contributed by atoms with Crippen molar-refractivity contribution in [1.29, 1.82) is 0 Å². The van der Waals surface area contributed by atoms with Gasteiger partial charge in [-0.25, -0.2) is 0 Å². The van der Waals surface area contributed by atoms with Crippen LogP contribution in [0.5, 0.6) is 0 Å². The minimum absolute atomic E-state index is 0. The molecule has 0 aliphatic heterocycles. The fourth-order valence-corrected chi connectivity index (χ4v) is 0. The van der Waals surface area contributed by atoms with Crippen molar-refractivity contribution in [3.8, 4) is 0 Å². The van der Waals surface area contributed by atoms with E-state index < -0.39 is 12.1 Å². The predicted molar refractivity (Wildman–Crippen MR) is 22.6 cm³/mol. The Labute approximate surface area is 49.7 Å². The van der Waals surface area contributed by atoms with Gasteiger partial charge in [-0.1, -0.05) is 13.5 Å². The first-order valence-electron chi connectivity index (χ1n) is 1.23. The van der Waals surface area contributed by atoms with E-state index in [9.17, 15) is 13.2 Å². The standard InChI is InChI=1S/C2HF3O2.H2S/c3-2(4,5)1(6)7;/h(H,6,7);1H2. The van der Waals surface area contributed by atoms with Crippen LogP contribution in [0.25, 0.3) is 0 Å². The molecule has 0 spiro atoms. The Hall–Kier alpha value is -0.390. The molecule has 0 aromatic rings. The largest absolute Gasteiger partial charge is 0.542 e. The summed E-state index contributed by atoms with van der Waals surface area (Å²) in [5, 5.41) is 8.78. The number of carbonyl (C=O) groups is 1. The zero-order valence-corrected chi connectivity index (χ0v) is 4.68. The molecule has 0 radical (unpaired) electrons. The van der Waals surface area contributed by atoms with E-state index in [1.807, 2.05) is 0 Å². The molecule has 0 amide bonds. The smallest absolute Gasteiger partial charge is 0.430 e. The topological polar surface area (TPSA) is 40.1 Å². The van der Waals surface area contributed by atoms with E-state index in [1.54, 1.807) is 0 Å². The summed E-state index contributed by atoms with van der Waals surface area (Å²) in [5.74, 6) is -3.01. The first kappa shape index (κ1) is 10.6. The monoisotopic (exact) mass is 148 g/mol. The lowest BCUT2D eigenvalue weighted by Crippen LogP contribution is -2.37. The third-order valence-corrected chi connectivity index (χ3v) is 0.231. The van der Waals surface area contributed by atoms with Gasteiger partial charge in [0.05, 0.1) is 0 Å². The van der Waals surface area contributed by atoms with E-state index in [2.05, 4.69) is 0 Å². The quantitative estimate of drug-likeness (QED) is 0.392. The maximum absolute atomic E-state index is 10.5. The number of hydrogen-bond acceptors (Lipinski definition) is 2. The third kappa shape index (κ3) is 3.79. The zero-order valence-electron chi connectivity index (χ0n) is 3.53. The minimum Gasteiger partial charge on any atom is -0.542 e.